The minimum Gasteiger partial charge on any atom is -0.484 e. The highest BCUT2D eigenvalue weighted by Crippen LogP contribution is 2.23. The Hall–Kier alpha value is -0.550. The van der Waals surface area contributed by atoms with Crippen molar-refractivity contribution >= 4 is 9.24 Å². The summed E-state index contributed by atoms with van der Waals surface area (Å²) in [7, 11) is 2.65. The first-order valence-corrected chi connectivity index (χ1v) is 4.60. The Labute approximate surface area is 76.3 Å². The standard InChI is InChI=1S/C10H15OP/c1-8-4-6-9(7-5-8)11-10(2,3)12/h4-7H,12H2,1-3H3. The van der Waals surface area contributed by atoms with Crippen LogP contribution in [0.25, 0.3) is 0 Å². The zero-order valence-corrected chi connectivity index (χ0v) is 8.95. The average molecular weight is 182 g/mol. The lowest BCUT2D eigenvalue weighted by molar-refractivity contribution is 0.206. The van der Waals surface area contributed by atoms with Crippen LogP contribution in [0.15, 0.2) is 24.3 Å². The van der Waals surface area contributed by atoms with E-state index in [9.17, 15) is 0 Å². The Kier molecular flexibility index (Phi) is 2.74. The molecule has 0 aliphatic rings. The van der Waals surface area contributed by atoms with E-state index in [0.717, 1.165) is 5.75 Å². The van der Waals surface area contributed by atoms with Crippen molar-refractivity contribution in [1.29, 1.82) is 0 Å². The molecule has 0 saturated carbocycles. The van der Waals surface area contributed by atoms with Crippen LogP contribution in [0.3, 0.4) is 0 Å². The Morgan fingerprint density at radius 1 is 1.17 bits per heavy atom. The molecule has 0 amide bonds. The van der Waals surface area contributed by atoms with Crippen LogP contribution in [0, 0.1) is 6.92 Å². The monoisotopic (exact) mass is 182 g/mol. The maximum atomic E-state index is 5.62. The number of rotatable bonds is 2. The third-order valence-electron chi connectivity index (χ3n) is 1.40. The van der Waals surface area contributed by atoms with Gasteiger partial charge < -0.3 is 4.74 Å². The molecule has 0 heterocycles. The van der Waals surface area contributed by atoms with Gasteiger partial charge in [-0.15, -0.1) is 0 Å². The largest absolute Gasteiger partial charge is 0.484 e. The molecule has 1 unspecified atom stereocenters. The highest BCUT2D eigenvalue weighted by atomic mass is 31.0. The normalized spacial score (nSPS) is 11.3. The van der Waals surface area contributed by atoms with Crippen LogP contribution in [-0.2, 0) is 0 Å². The molecule has 0 bridgehead atoms. The van der Waals surface area contributed by atoms with E-state index in [4.69, 9.17) is 4.74 Å². The molecule has 1 aromatic rings. The molecule has 66 valence electrons. The Morgan fingerprint density at radius 3 is 2.08 bits per heavy atom. The van der Waals surface area contributed by atoms with Gasteiger partial charge in [-0.25, -0.2) is 0 Å². The second kappa shape index (κ2) is 3.45. The van der Waals surface area contributed by atoms with Gasteiger partial charge in [-0.2, -0.15) is 0 Å². The van der Waals surface area contributed by atoms with Crippen LogP contribution in [0.5, 0.6) is 5.75 Å². The van der Waals surface area contributed by atoms with Gasteiger partial charge in [-0.05, 0) is 32.9 Å². The van der Waals surface area contributed by atoms with Crippen molar-refractivity contribution in [3.63, 3.8) is 0 Å². The molecule has 0 radical (unpaired) electrons. The van der Waals surface area contributed by atoms with Crippen LogP contribution in [-0.4, -0.2) is 5.34 Å². The zero-order chi connectivity index (χ0) is 9.19. The van der Waals surface area contributed by atoms with Crippen LogP contribution < -0.4 is 4.74 Å². The fourth-order valence-corrected chi connectivity index (χ4v) is 1.05. The highest BCUT2D eigenvalue weighted by molar-refractivity contribution is 7.18. The van der Waals surface area contributed by atoms with E-state index in [1.54, 1.807) is 0 Å². The molecule has 0 aliphatic carbocycles. The molecule has 2 heteroatoms. The van der Waals surface area contributed by atoms with Crippen molar-refractivity contribution in [3.05, 3.63) is 29.8 Å². The number of hydrogen-bond donors (Lipinski definition) is 0. The molecule has 0 fully saturated rings. The van der Waals surface area contributed by atoms with Crippen molar-refractivity contribution in [1.82, 2.24) is 0 Å². The van der Waals surface area contributed by atoms with Crippen LogP contribution >= 0.6 is 9.24 Å². The molecule has 1 nitrogen and oxygen atoms in total. The summed E-state index contributed by atoms with van der Waals surface area (Å²) < 4.78 is 5.62. The molecule has 1 aromatic carbocycles. The lowest BCUT2D eigenvalue weighted by Crippen LogP contribution is -2.18. The Morgan fingerprint density at radius 2 is 1.67 bits per heavy atom. The summed E-state index contributed by atoms with van der Waals surface area (Å²) in [6.07, 6.45) is 0. The number of hydrogen-bond acceptors (Lipinski definition) is 1. The first-order chi connectivity index (χ1) is 5.47. The van der Waals surface area contributed by atoms with Gasteiger partial charge in [0.05, 0.1) is 0 Å². The highest BCUT2D eigenvalue weighted by Gasteiger charge is 2.10. The molecular formula is C10H15OP. The van der Waals surface area contributed by atoms with Gasteiger partial charge >= 0.3 is 0 Å². The van der Waals surface area contributed by atoms with Crippen LogP contribution in [0.2, 0.25) is 0 Å². The summed E-state index contributed by atoms with van der Waals surface area (Å²) >= 11 is 0. The maximum Gasteiger partial charge on any atom is 0.120 e. The van der Waals surface area contributed by atoms with E-state index in [-0.39, 0.29) is 5.34 Å². The Bertz CT molecular complexity index is 246. The number of ether oxygens (including phenoxy) is 1. The molecule has 1 atom stereocenters. The first kappa shape index (κ1) is 9.54. The third kappa shape index (κ3) is 3.23. The fraction of sp³-hybridized carbons (Fsp3) is 0.400. The third-order valence-corrected chi connectivity index (χ3v) is 1.52. The van der Waals surface area contributed by atoms with E-state index in [0.29, 0.717) is 0 Å². The second-order valence-electron chi connectivity index (χ2n) is 3.52. The van der Waals surface area contributed by atoms with Crippen LogP contribution in [0.4, 0.5) is 0 Å². The fourth-order valence-electron chi connectivity index (χ4n) is 0.910. The summed E-state index contributed by atoms with van der Waals surface area (Å²) in [4.78, 5) is 0. The van der Waals surface area contributed by atoms with Crippen molar-refractivity contribution in [2.75, 3.05) is 0 Å². The molecule has 12 heavy (non-hydrogen) atoms. The summed E-state index contributed by atoms with van der Waals surface area (Å²) in [6, 6.07) is 8.07. The molecule has 0 saturated heterocycles. The van der Waals surface area contributed by atoms with Gasteiger partial charge in [0, 0.05) is 0 Å². The predicted molar refractivity (Wildman–Crippen MR) is 55.6 cm³/mol. The lowest BCUT2D eigenvalue weighted by Gasteiger charge is -2.20. The lowest BCUT2D eigenvalue weighted by atomic mass is 10.2. The Balaban J connectivity index is 2.71. The van der Waals surface area contributed by atoms with E-state index >= 15 is 0 Å². The van der Waals surface area contributed by atoms with E-state index < -0.39 is 0 Å². The van der Waals surface area contributed by atoms with Crippen LogP contribution in [0.1, 0.15) is 19.4 Å². The van der Waals surface area contributed by atoms with Gasteiger partial charge in [0.1, 0.15) is 11.1 Å². The van der Waals surface area contributed by atoms with Crippen molar-refractivity contribution in [2.45, 2.75) is 26.1 Å². The molecule has 1 rings (SSSR count). The minimum absolute atomic E-state index is 0.185. The van der Waals surface area contributed by atoms with E-state index in [1.807, 2.05) is 38.1 Å². The molecule has 0 aromatic heterocycles. The summed E-state index contributed by atoms with van der Waals surface area (Å²) in [5, 5.41) is -0.185. The zero-order valence-electron chi connectivity index (χ0n) is 7.79. The molecular weight excluding hydrogens is 167 g/mol. The topological polar surface area (TPSA) is 9.23 Å². The van der Waals surface area contributed by atoms with Gasteiger partial charge in [0.2, 0.25) is 0 Å². The minimum atomic E-state index is -0.185. The van der Waals surface area contributed by atoms with Gasteiger partial charge in [0.15, 0.2) is 0 Å². The summed E-state index contributed by atoms with van der Waals surface area (Å²) in [5.74, 6) is 0.917. The SMILES string of the molecule is Cc1ccc(OC(C)(C)P)cc1. The van der Waals surface area contributed by atoms with Crippen molar-refractivity contribution < 1.29 is 4.74 Å². The van der Waals surface area contributed by atoms with Gasteiger partial charge in [0.25, 0.3) is 0 Å². The second-order valence-corrected chi connectivity index (χ2v) is 4.91. The molecule has 0 aliphatic heterocycles. The van der Waals surface area contributed by atoms with Gasteiger partial charge in [-0.3, -0.25) is 0 Å². The van der Waals surface area contributed by atoms with Crippen molar-refractivity contribution in [3.8, 4) is 5.75 Å². The summed E-state index contributed by atoms with van der Waals surface area (Å²) in [6.45, 7) is 6.09. The first-order valence-electron chi connectivity index (χ1n) is 4.02. The summed E-state index contributed by atoms with van der Waals surface area (Å²) in [5.41, 5.74) is 1.25. The van der Waals surface area contributed by atoms with E-state index in [1.165, 1.54) is 5.56 Å². The number of aryl methyl sites for hydroxylation is 1. The molecule has 0 spiro atoms. The van der Waals surface area contributed by atoms with Crippen molar-refractivity contribution in [2.24, 2.45) is 0 Å². The molecule has 0 N–H and O–H groups in total. The maximum absolute atomic E-state index is 5.62. The average Bonchev–Trinajstić information content (AvgIpc) is 1.91. The van der Waals surface area contributed by atoms with Gasteiger partial charge in [-0.1, -0.05) is 26.9 Å². The van der Waals surface area contributed by atoms with E-state index in [2.05, 4.69) is 16.2 Å². The smallest absolute Gasteiger partial charge is 0.120 e. The predicted octanol–water partition coefficient (Wildman–Crippen LogP) is 2.99. The number of benzene rings is 1. The quantitative estimate of drug-likeness (QED) is 0.639.